The Kier molecular flexibility index (Phi) is 6.42. The van der Waals surface area contributed by atoms with Gasteiger partial charge in [-0.25, -0.2) is 9.59 Å². The Morgan fingerprint density at radius 1 is 1.24 bits per heavy atom. The highest BCUT2D eigenvalue weighted by Gasteiger charge is 2.27. The molecule has 1 heterocycles. The molecule has 0 bridgehead atoms. The van der Waals surface area contributed by atoms with Crippen molar-refractivity contribution in [1.82, 2.24) is 15.1 Å². The normalized spacial score (nSPS) is 18.4. The SMILES string of the molecule is CCC[C@H](NC(=O)N1CCN(CC(C)(C)O)CC1)C(=O)O. The Morgan fingerprint density at radius 3 is 2.24 bits per heavy atom. The minimum absolute atomic E-state index is 0.321. The smallest absolute Gasteiger partial charge is 0.326 e. The summed E-state index contributed by atoms with van der Waals surface area (Å²) in [5, 5.41) is 21.4. The number of aliphatic hydroxyl groups is 1. The summed E-state index contributed by atoms with van der Waals surface area (Å²) >= 11 is 0. The molecule has 0 radical (unpaired) electrons. The van der Waals surface area contributed by atoms with Crippen LogP contribution in [0.2, 0.25) is 0 Å². The molecule has 0 saturated carbocycles. The number of carbonyl (C=O) groups excluding carboxylic acids is 1. The van der Waals surface area contributed by atoms with Crippen molar-refractivity contribution < 1.29 is 19.8 Å². The van der Waals surface area contributed by atoms with Gasteiger partial charge in [0, 0.05) is 32.7 Å². The van der Waals surface area contributed by atoms with Crippen molar-refractivity contribution in [3.05, 3.63) is 0 Å². The van der Waals surface area contributed by atoms with Gasteiger partial charge in [-0.2, -0.15) is 0 Å². The molecule has 0 spiro atoms. The maximum atomic E-state index is 12.1. The molecule has 3 N–H and O–H groups in total. The third-order valence-electron chi connectivity index (χ3n) is 3.44. The second-order valence-corrected chi connectivity index (χ2v) is 6.20. The molecule has 0 aromatic carbocycles. The molecule has 0 aromatic rings. The largest absolute Gasteiger partial charge is 0.480 e. The lowest BCUT2D eigenvalue weighted by atomic mass is 10.1. The molecule has 0 aliphatic carbocycles. The summed E-state index contributed by atoms with van der Waals surface area (Å²) in [7, 11) is 0. The molecular formula is C14H27N3O4. The fourth-order valence-corrected chi connectivity index (χ4v) is 2.44. The number of rotatable bonds is 6. The second kappa shape index (κ2) is 7.61. The molecule has 2 amide bonds. The van der Waals surface area contributed by atoms with Crippen molar-refractivity contribution in [3.8, 4) is 0 Å². The summed E-state index contributed by atoms with van der Waals surface area (Å²) in [4.78, 5) is 26.8. The Bertz CT molecular complexity index is 360. The van der Waals surface area contributed by atoms with Crippen molar-refractivity contribution >= 4 is 12.0 Å². The van der Waals surface area contributed by atoms with Crippen LogP contribution in [0, 0.1) is 0 Å². The molecule has 1 fully saturated rings. The highest BCUT2D eigenvalue weighted by atomic mass is 16.4. The summed E-state index contributed by atoms with van der Waals surface area (Å²) in [5.74, 6) is -0.995. The van der Waals surface area contributed by atoms with Gasteiger partial charge in [0.25, 0.3) is 0 Å². The van der Waals surface area contributed by atoms with E-state index in [1.807, 2.05) is 6.92 Å². The molecule has 1 rings (SSSR count). The first kappa shape index (κ1) is 17.7. The monoisotopic (exact) mass is 301 g/mol. The van der Waals surface area contributed by atoms with E-state index in [-0.39, 0.29) is 6.03 Å². The van der Waals surface area contributed by atoms with Crippen LogP contribution in [-0.4, -0.2) is 76.4 Å². The Hall–Kier alpha value is -1.34. The van der Waals surface area contributed by atoms with Crippen molar-refractivity contribution in [1.29, 1.82) is 0 Å². The van der Waals surface area contributed by atoms with Gasteiger partial charge in [-0.15, -0.1) is 0 Å². The lowest BCUT2D eigenvalue weighted by Gasteiger charge is -2.37. The average molecular weight is 301 g/mol. The third-order valence-corrected chi connectivity index (χ3v) is 3.44. The summed E-state index contributed by atoms with van der Waals surface area (Å²) in [6.45, 7) is 8.42. The lowest BCUT2D eigenvalue weighted by molar-refractivity contribution is -0.139. The number of hydrogen-bond acceptors (Lipinski definition) is 4. The van der Waals surface area contributed by atoms with E-state index < -0.39 is 17.6 Å². The molecule has 0 aromatic heterocycles. The van der Waals surface area contributed by atoms with Gasteiger partial charge in [-0.05, 0) is 20.3 Å². The number of amides is 2. The standard InChI is InChI=1S/C14H27N3O4/c1-4-5-11(12(18)19)15-13(20)17-8-6-16(7-9-17)10-14(2,3)21/h11,21H,4-10H2,1-3H3,(H,15,20)(H,18,19)/t11-/m0/s1. The van der Waals surface area contributed by atoms with Crippen LogP contribution in [-0.2, 0) is 4.79 Å². The molecule has 1 saturated heterocycles. The molecule has 7 nitrogen and oxygen atoms in total. The summed E-state index contributed by atoms with van der Waals surface area (Å²) in [6, 6.07) is -1.14. The van der Waals surface area contributed by atoms with Crippen LogP contribution in [0.15, 0.2) is 0 Å². The molecule has 21 heavy (non-hydrogen) atoms. The van der Waals surface area contributed by atoms with Crippen LogP contribution in [0.4, 0.5) is 4.79 Å². The summed E-state index contributed by atoms with van der Waals surface area (Å²) in [6.07, 6.45) is 1.14. The number of carbonyl (C=O) groups is 2. The van der Waals surface area contributed by atoms with Crippen molar-refractivity contribution in [3.63, 3.8) is 0 Å². The van der Waals surface area contributed by atoms with Crippen LogP contribution < -0.4 is 5.32 Å². The van der Waals surface area contributed by atoms with Crippen LogP contribution in [0.3, 0.4) is 0 Å². The first-order chi connectivity index (χ1) is 9.73. The van der Waals surface area contributed by atoms with Crippen molar-refractivity contribution in [2.24, 2.45) is 0 Å². The third kappa shape index (κ3) is 6.31. The number of aliphatic carboxylic acids is 1. The van der Waals surface area contributed by atoms with Gasteiger partial charge in [0.1, 0.15) is 6.04 Å². The predicted octanol–water partition coefficient (Wildman–Crippen LogP) is 0.338. The fourth-order valence-electron chi connectivity index (χ4n) is 2.44. The summed E-state index contributed by atoms with van der Waals surface area (Å²) in [5.41, 5.74) is -0.750. The number of carboxylic acids is 1. The van der Waals surface area contributed by atoms with E-state index in [2.05, 4.69) is 10.2 Å². The topological polar surface area (TPSA) is 93.1 Å². The number of carboxylic acid groups (broad SMARTS) is 1. The first-order valence-corrected chi connectivity index (χ1v) is 7.46. The number of β-amino-alcohol motifs (C(OH)–C–C–N with tert-alkyl or cyclic N) is 1. The molecular weight excluding hydrogens is 274 g/mol. The minimum Gasteiger partial charge on any atom is -0.480 e. The zero-order valence-electron chi connectivity index (χ0n) is 13.1. The number of hydrogen-bond donors (Lipinski definition) is 3. The van der Waals surface area contributed by atoms with Gasteiger partial charge in [0.2, 0.25) is 0 Å². The van der Waals surface area contributed by atoms with Crippen LogP contribution in [0.25, 0.3) is 0 Å². The molecule has 1 aliphatic heterocycles. The zero-order valence-corrected chi connectivity index (χ0v) is 13.1. The van der Waals surface area contributed by atoms with Gasteiger partial charge in [0.05, 0.1) is 5.60 Å². The molecule has 0 unspecified atom stereocenters. The van der Waals surface area contributed by atoms with Gasteiger partial charge >= 0.3 is 12.0 Å². The van der Waals surface area contributed by atoms with Gasteiger partial charge in [-0.3, -0.25) is 4.90 Å². The van der Waals surface area contributed by atoms with E-state index in [0.29, 0.717) is 45.6 Å². The number of nitrogens with one attached hydrogen (secondary N) is 1. The lowest BCUT2D eigenvalue weighted by Crippen LogP contribution is -2.56. The van der Waals surface area contributed by atoms with E-state index in [1.54, 1.807) is 18.7 Å². The van der Waals surface area contributed by atoms with Crippen LogP contribution in [0.5, 0.6) is 0 Å². The Balaban J connectivity index is 2.42. The van der Waals surface area contributed by atoms with Crippen LogP contribution >= 0.6 is 0 Å². The molecule has 7 heteroatoms. The number of nitrogens with zero attached hydrogens (tertiary/aromatic N) is 2. The maximum absolute atomic E-state index is 12.1. The first-order valence-electron chi connectivity index (χ1n) is 7.46. The van der Waals surface area contributed by atoms with Gasteiger partial charge in [-0.1, -0.05) is 13.3 Å². The van der Waals surface area contributed by atoms with Gasteiger partial charge in [0.15, 0.2) is 0 Å². The Morgan fingerprint density at radius 2 is 1.81 bits per heavy atom. The van der Waals surface area contributed by atoms with E-state index in [4.69, 9.17) is 5.11 Å². The Labute approximate surface area is 125 Å². The summed E-state index contributed by atoms with van der Waals surface area (Å²) < 4.78 is 0. The van der Waals surface area contributed by atoms with E-state index in [9.17, 15) is 14.7 Å². The maximum Gasteiger partial charge on any atom is 0.326 e. The highest BCUT2D eigenvalue weighted by Crippen LogP contribution is 2.09. The molecule has 1 aliphatic rings. The second-order valence-electron chi connectivity index (χ2n) is 6.20. The highest BCUT2D eigenvalue weighted by molar-refractivity contribution is 5.82. The van der Waals surface area contributed by atoms with E-state index in [0.717, 1.165) is 0 Å². The average Bonchev–Trinajstić information content (AvgIpc) is 2.36. The van der Waals surface area contributed by atoms with Crippen LogP contribution in [0.1, 0.15) is 33.6 Å². The molecule has 122 valence electrons. The van der Waals surface area contributed by atoms with E-state index in [1.165, 1.54) is 0 Å². The fraction of sp³-hybridized carbons (Fsp3) is 0.857. The van der Waals surface area contributed by atoms with Crippen molar-refractivity contribution in [2.45, 2.75) is 45.3 Å². The predicted molar refractivity (Wildman–Crippen MR) is 79.2 cm³/mol. The van der Waals surface area contributed by atoms with Crippen molar-refractivity contribution in [2.75, 3.05) is 32.7 Å². The van der Waals surface area contributed by atoms with Gasteiger partial charge < -0.3 is 20.4 Å². The molecule has 1 atom stereocenters. The van der Waals surface area contributed by atoms with E-state index >= 15 is 0 Å². The number of urea groups is 1. The quantitative estimate of drug-likeness (QED) is 0.658. The zero-order chi connectivity index (χ0) is 16.0. The number of piperazine rings is 1. The minimum atomic E-state index is -0.995.